The first-order chi connectivity index (χ1) is 5.11. The van der Waals surface area contributed by atoms with Gasteiger partial charge in [-0.15, -0.1) is 0 Å². The monoisotopic (exact) mass is 173 g/mol. The standard InChI is InChI=1S/C6H6O4S/c7-4-1-2-6(11(9)10)5(8)3-4/h1-3,7-8H,(H,9,10)/p-1. The van der Waals surface area contributed by atoms with Gasteiger partial charge in [0.2, 0.25) is 0 Å². The molecule has 1 aromatic rings. The third-order valence-corrected chi connectivity index (χ3v) is 1.83. The average Bonchev–Trinajstić information content (AvgIpc) is 1.85. The summed E-state index contributed by atoms with van der Waals surface area (Å²) in [6.07, 6.45) is 0. The fourth-order valence-corrected chi connectivity index (χ4v) is 1.06. The lowest BCUT2D eigenvalue weighted by Gasteiger charge is -2.06. The molecule has 0 amide bonds. The Morgan fingerprint density at radius 2 is 2.00 bits per heavy atom. The fraction of sp³-hybridized carbons (Fsp3) is 0. The van der Waals surface area contributed by atoms with E-state index >= 15 is 0 Å². The molecule has 0 fully saturated rings. The van der Waals surface area contributed by atoms with Gasteiger partial charge in [-0.1, -0.05) is 0 Å². The summed E-state index contributed by atoms with van der Waals surface area (Å²) < 4.78 is 20.6. The number of rotatable bonds is 1. The van der Waals surface area contributed by atoms with E-state index in [1.54, 1.807) is 0 Å². The lowest BCUT2D eigenvalue weighted by Crippen LogP contribution is -1.88. The number of phenols is 2. The van der Waals surface area contributed by atoms with Crippen LogP contribution in [0.15, 0.2) is 23.1 Å². The second-order valence-corrected chi connectivity index (χ2v) is 2.80. The molecule has 0 aliphatic heterocycles. The van der Waals surface area contributed by atoms with Gasteiger partial charge >= 0.3 is 0 Å². The van der Waals surface area contributed by atoms with Crippen LogP contribution in [0.2, 0.25) is 0 Å². The Balaban J connectivity index is 3.20. The van der Waals surface area contributed by atoms with Gasteiger partial charge in [0.15, 0.2) is 0 Å². The van der Waals surface area contributed by atoms with Gasteiger partial charge in [0.05, 0.1) is 4.90 Å². The van der Waals surface area contributed by atoms with Crippen LogP contribution in [0.1, 0.15) is 0 Å². The zero-order valence-electron chi connectivity index (χ0n) is 5.35. The zero-order valence-corrected chi connectivity index (χ0v) is 6.17. The minimum absolute atomic E-state index is 0.170. The van der Waals surface area contributed by atoms with E-state index in [0.717, 1.165) is 12.1 Å². The molecular weight excluding hydrogens is 168 g/mol. The van der Waals surface area contributed by atoms with Crippen LogP contribution in [0.4, 0.5) is 0 Å². The molecule has 60 valence electrons. The lowest BCUT2D eigenvalue weighted by molar-refractivity contribution is 0.437. The summed E-state index contributed by atoms with van der Waals surface area (Å²) in [6, 6.07) is 3.27. The van der Waals surface area contributed by atoms with E-state index in [1.807, 2.05) is 0 Å². The third-order valence-electron chi connectivity index (χ3n) is 1.12. The minimum atomic E-state index is -2.46. The first-order valence-electron chi connectivity index (χ1n) is 2.72. The molecule has 0 aromatic heterocycles. The summed E-state index contributed by atoms with van der Waals surface area (Å²) in [5.74, 6) is -0.616. The van der Waals surface area contributed by atoms with E-state index in [1.165, 1.54) is 6.07 Å². The highest BCUT2D eigenvalue weighted by atomic mass is 32.2. The average molecular weight is 173 g/mol. The Hall–Kier alpha value is -1.07. The molecule has 0 radical (unpaired) electrons. The van der Waals surface area contributed by atoms with Crippen LogP contribution >= 0.6 is 0 Å². The molecule has 0 saturated heterocycles. The van der Waals surface area contributed by atoms with Gasteiger partial charge in [-0.3, -0.25) is 4.21 Å². The van der Waals surface area contributed by atoms with Gasteiger partial charge in [0, 0.05) is 6.07 Å². The molecule has 5 heteroatoms. The summed E-state index contributed by atoms with van der Waals surface area (Å²) in [5, 5.41) is 17.7. The lowest BCUT2D eigenvalue weighted by atomic mass is 10.3. The van der Waals surface area contributed by atoms with E-state index < -0.39 is 16.8 Å². The van der Waals surface area contributed by atoms with Crippen molar-refractivity contribution in [3.05, 3.63) is 18.2 Å². The van der Waals surface area contributed by atoms with Crippen molar-refractivity contribution in [2.45, 2.75) is 4.90 Å². The molecule has 0 aliphatic carbocycles. The van der Waals surface area contributed by atoms with Crippen LogP contribution in [0.25, 0.3) is 0 Å². The Bertz CT molecular complexity index is 297. The molecule has 11 heavy (non-hydrogen) atoms. The Kier molecular flexibility index (Phi) is 2.11. The maximum Gasteiger partial charge on any atom is 0.134 e. The van der Waals surface area contributed by atoms with E-state index in [4.69, 9.17) is 10.2 Å². The number of aromatic hydroxyl groups is 2. The van der Waals surface area contributed by atoms with Crippen molar-refractivity contribution in [3.63, 3.8) is 0 Å². The molecule has 2 N–H and O–H groups in total. The number of phenolic OH excluding ortho intramolecular Hbond substituents is 2. The van der Waals surface area contributed by atoms with Gasteiger partial charge < -0.3 is 14.8 Å². The van der Waals surface area contributed by atoms with E-state index in [2.05, 4.69) is 0 Å². The Morgan fingerprint density at radius 1 is 1.36 bits per heavy atom. The van der Waals surface area contributed by atoms with Crippen molar-refractivity contribution in [2.24, 2.45) is 0 Å². The fourth-order valence-electron chi connectivity index (χ4n) is 0.647. The Morgan fingerprint density at radius 3 is 2.45 bits per heavy atom. The second-order valence-electron chi connectivity index (χ2n) is 1.89. The molecule has 0 aliphatic rings. The highest BCUT2D eigenvalue weighted by molar-refractivity contribution is 7.79. The van der Waals surface area contributed by atoms with Crippen LogP contribution in [0.3, 0.4) is 0 Å². The van der Waals surface area contributed by atoms with Gasteiger partial charge in [-0.25, -0.2) is 0 Å². The molecular formula is C6H5O4S-. The van der Waals surface area contributed by atoms with E-state index in [9.17, 15) is 8.76 Å². The summed E-state index contributed by atoms with van der Waals surface area (Å²) >= 11 is -2.46. The molecule has 1 rings (SSSR count). The molecule has 1 unspecified atom stereocenters. The van der Waals surface area contributed by atoms with Gasteiger partial charge in [-0.05, 0) is 23.2 Å². The normalized spacial score (nSPS) is 12.8. The van der Waals surface area contributed by atoms with Gasteiger partial charge in [0.1, 0.15) is 11.5 Å². The maximum atomic E-state index is 10.3. The van der Waals surface area contributed by atoms with Crippen LogP contribution < -0.4 is 0 Å². The van der Waals surface area contributed by atoms with E-state index in [0.29, 0.717) is 0 Å². The Labute approximate surface area is 65.4 Å². The van der Waals surface area contributed by atoms with Crippen LogP contribution in [0.5, 0.6) is 11.5 Å². The van der Waals surface area contributed by atoms with Crippen molar-refractivity contribution in [1.29, 1.82) is 0 Å². The SMILES string of the molecule is O=S([O-])c1ccc(O)cc1O. The smallest absolute Gasteiger partial charge is 0.134 e. The van der Waals surface area contributed by atoms with E-state index in [-0.39, 0.29) is 10.6 Å². The molecule has 4 nitrogen and oxygen atoms in total. The number of hydrogen-bond acceptors (Lipinski definition) is 4. The van der Waals surface area contributed by atoms with Crippen LogP contribution in [0, 0.1) is 0 Å². The molecule has 0 bridgehead atoms. The highest BCUT2D eigenvalue weighted by Gasteiger charge is 2.00. The second kappa shape index (κ2) is 2.89. The van der Waals surface area contributed by atoms with Crippen molar-refractivity contribution in [3.8, 4) is 11.5 Å². The topological polar surface area (TPSA) is 80.6 Å². The zero-order chi connectivity index (χ0) is 8.43. The van der Waals surface area contributed by atoms with Crippen molar-refractivity contribution < 1.29 is 19.0 Å². The quantitative estimate of drug-likeness (QED) is 0.600. The number of benzene rings is 1. The minimum Gasteiger partial charge on any atom is -0.768 e. The molecule has 1 atom stereocenters. The van der Waals surface area contributed by atoms with Crippen molar-refractivity contribution in [1.82, 2.24) is 0 Å². The van der Waals surface area contributed by atoms with Crippen LogP contribution in [-0.4, -0.2) is 19.0 Å². The largest absolute Gasteiger partial charge is 0.768 e. The summed E-state index contributed by atoms with van der Waals surface area (Å²) in [7, 11) is 0. The van der Waals surface area contributed by atoms with Crippen LogP contribution in [-0.2, 0) is 11.1 Å². The first-order valence-corrected chi connectivity index (χ1v) is 3.80. The maximum absolute atomic E-state index is 10.3. The summed E-state index contributed by atoms with van der Waals surface area (Å²) in [6.45, 7) is 0. The predicted molar refractivity (Wildman–Crippen MR) is 37.0 cm³/mol. The molecule has 1 aromatic carbocycles. The molecule has 0 saturated carbocycles. The highest BCUT2D eigenvalue weighted by Crippen LogP contribution is 2.24. The number of hydrogen-bond donors (Lipinski definition) is 2. The predicted octanol–water partition coefficient (Wildman–Crippen LogP) is 0.336. The molecule has 0 spiro atoms. The van der Waals surface area contributed by atoms with Crippen molar-refractivity contribution in [2.75, 3.05) is 0 Å². The summed E-state index contributed by atoms with van der Waals surface area (Å²) in [5.41, 5.74) is 0. The summed E-state index contributed by atoms with van der Waals surface area (Å²) in [4.78, 5) is -0.220. The van der Waals surface area contributed by atoms with Gasteiger partial charge in [-0.2, -0.15) is 0 Å². The third kappa shape index (κ3) is 1.69. The van der Waals surface area contributed by atoms with Gasteiger partial charge in [0.25, 0.3) is 0 Å². The van der Waals surface area contributed by atoms with Crippen molar-refractivity contribution >= 4 is 11.1 Å². The first kappa shape index (κ1) is 8.03. The molecule has 0 heterocycles.